The minimum Gasteiger partial charge on any atom is -0.478 e. The molecule has 1 aromatic rings. The van der Waals surface area contributed by atoms with Crippen molar-refractivity contribution in [1.29, 1.82) is 0 Å². The van der Waals surface area contributed by atoms with Crippen molar-refractivity contribution in [1.82, 2.24) is 0 Å². The van der Waals surface area contributed by atoms with Gasteiger partial charge in [-0.25, -0.2) is 4.79 Å². The van der Waals surface area contributed by atoms with E-state index in [9.17, 15) is 4.79 Å². The van der Waals surface area contributed by atoms with E-state index in [1.807, 2.05) is 0 Å². The van der Waals surface area contributed by atoms with Gasteiger partial charge in [-0.2, -0.15) is 0 Å². The molecule has 0 saturated carbocycles. The molecule has 0 atom stereocenters. The van der Waals surface area contributed by atoms with Gasteiger partial charge in [-0.1, -0.05) is 0 Å². The third kappa shape index (κ3) is 3.33. The number of rotatable bonds is 6. The smallest absolute Gasteiger partial charge is 0.335 e. The summed E-state index contributed by atoms with van der Waals surface area (Å²) in [6.45, 7) is 0.370. The van der Waals surface area contributed by atoms with Crippen LogP contribution in [-0.2, 0) is 0 Å². The molecule has 17 heavy (non-hydrogen) atoms. The van der Waals surface area contributed by atoms with Gasteiger partial charge in [0.2, 0.25) is 0 Å². The second-order valence-electron chi connectivity index (χ2n) is 3.51. The van der Waals surface area contributed by atoms with Crippen LogP contribution in [0.25, 0.3) is 0 Å². The van der Waals surface area contributed by atoms with Crippen LogP contribution < -0.4 is 10.6 Å². The fourth-order valence-electron chi connectivity index (χ4n) is 1.54. The monoisotopic (exact) mass is 240 g/mol. The lowest BCUT2D eigenvalue weighted by atomic mass is 10.1. The van der Waals surface area contributed by atoms with Gasteiger partial charge in [0, 0.05) is 13.1 Å². The molecule has 0 aromatic heterocycles. The average Bonchev–Trinajstić information content (AvgIpc) is 2.29. The standard InChI is InChI=1S/C11H16N2O4/c12-9-2-1-8(11(16)17)7-10(9)13(3-5-14)4-6-15/h1-2,7,14-15H,3-6,12H2,(H,16,17). The van der Waals surface area contributed by atoms with Gasteiger partial charge in [0.05, 0.1) is 30.2 Å². The summed E-state index contributed by atoms with van der Waals surface area (Å²) in [5.74, 6) is -1.04. The lowest BCUT2D eigenvalue weighted by Gasteiger charge is -2.24. The Hall–Kier alpha value is -1.79. The summed E-state index contributed by atoms with van der Waals surface area (Å²) >= 11 is 0. The third-order valence-electron chi connectivity index (χ3n) is 2.36. The Morgan fingerprint density at radius 1 is 1.24 bits per heavy atom. The minimum absolute atomic E-state index is 0.100. The number of aliphatic hydroxyl groups excluding tert-OH is 2. The van der Waals surface area contributed by atoms with E-state index in [4.69, 9.17) is 21.1 Å². The topological polar surface area (TPSA) is 107 Å². The van der Waals surface area contributed by atoms with Gasteiger partial charge in [0.1, 0.15) is 0 Å². The van der Waals surface area contributed by atoms with Gasteiger partial charge in [0.15, 0.2) is 0 Å². The maximum Gasteiger partial charge on any atom is 0.335 e. The summed E-state index contributed by atoms with van der Waals surface area (Å²) < 4.78 is 0. The van der Waals surface area contributed by atoms with Crippen LogP contribution in [-0.4, -0.2) is 47.6 Å². The van der Waals surface area contributed by atoms with Gasteiger partial charge in [-0.05, 0) is 18.2 Å². The first kappa shape index (κ1) is 13.3. The molecule has 0 unspecified atom stereocenters. The lowest BCUT2D eigenvalue weighted by molar-refractivity contribution is 0.0697. The lowest BCUT2D eigenvalue weighted by Crippen LogP contribution is -2.30. The first-order valence-corrected chi connectivity index (χ1v) is 5.19. The molecular weight excluding hydrogens is 224 g/mol. The highest BCUT2D eigenvalue weighted by atomic mass is 16.4. The quantitative estimate of drug-likeness (QED) is 0.511. The Balaban J connectivity index is 3.07. The van der Waals surface area contributed by atoms with Crippen LogP contribution in [0.5, 0.6) is 0 Å². The second kappa shape index (κ2) is 6.07. The molecule has 0 radical (unpaired) electrons. The normalized spacial score (nSPS) is 10.2. The first-order chi connectivity index (χ1) is 8.10. The Kier molecular flexibility index (Phi) is 4.74. The molecule has 94 valence electrons. The van der Waals surface area contributed by atoms with Crippen molar-refractivity contribution in [3.05, 3.63) is 23.8 Å². The Morgan fingerprint density at radius 3 is 2.29 bits per heavy atom. The number of anilines is 2. The summed E-state index contributed by atoms with van der Waals surface area (Å²) in [7, 11) is 0. The highest BCUT2D eigenvalue weighted by molar-refractivity contribution is 5.90. The van der Waals surface area contributed by atoms with Crippen LogP contribution in [0, 0.1) is 0 Å². The van der Waals surface area contributed by atoms with Crippen LogP contribution in [0.2, 0.25) is 0 Å². The number of hydrogen-bond donors (Lipinski definition) is 4. The van der Waals surface area contributed by atoms with E-state index in [0.717, 1.165) is 0 Å². The van der Waals surface area contributed by atoms with Crippen molar-refractivity contribution in [3.8, 4) is 0 Å². The molecule has 1 rings (SSSR count). The number of nitrogens with two attached hydrogens (primary N) is 1. The van der Waals surface area contributed by atoms with Gasteiger partial charge >= 0.3 is 5.97 Å². The average molecular weight is 240 g/mol. The summed E-state index contributed by atoms with van der Waals surface area (Å²) in [4.78, 5) is 12.5. The number of hydrogen-bond acceptors (Lipinski definition) is 5. The SMILES string of the molecule is Nc1ccc(C(=O)O)cc1N(CCO)CCO. The summed E-state index contributed by atoms with van der Waals surface area (Å²) in [5.41, 5.74) is 6.79. The maximum absolute atomic E-state index is 10.8. The zero-order valence-corrected chi connectivity index (χ0v) is 9.33. The van der Waals surface area contributed by atoms with Gasteiger partial charge in [-0.15, -0.1) is 0 Å². The van der Waals surface area contributed by atoms with Gasteiger partial charge in [-0.3, -0.25) is 0 Å². The van der Waals surface area contributed by atoms with E-state index in [0.29, 0.717) is 11.4 Å². The van der Waals surface area contributed by atoms with Crippen molar-refractivity contribution in [3.63, 3.8) is 0 Å². The maximum atomic E-state index is 10.8. The van der Waals surface area contributed by atoms with E-state index < -0.39 is 5.97 Å². The second-order valence-corrected chi connectivity index (χ2v) is 3.51. The number of benzene rings is 1. The molecule has 5 N–H and O–H groups in total. The van der Waals surface area contributed by atoms with E-state index in [2.05, 4.69) is 0 Å². The third-order valence-corrected chi connectivity index (χ3v) is 2.36. The number of carboxylic acid groups (broad SMARTS) is 1. The zero-order chi connectivity index (χ0) is 12.8. The number of nitrogens with zero attached hydrogens (tertiary/aromatic N) is 1. The number of carbonyl (C=O) groups is 1. The molecule has 6 heteroatoms. The number of aromatic carboxylic acids is 1. The van der Waals surface area contributed by atoms with Crippen molar-refractivity contribution >= 4 is 17.3 Å². The first-order valence-electron chi connectivity index (χ1n) is 5.19. The van der Waals surface area contributed by atoms with E-state index in [1.54, 1.807) is 4.90 Å². The molecule has 0 amide bonds. The van der Waals surface area contributed by atoms with E-state index in [-0.39, 0.29) is 31.9 Å². The molecule has 1 aromatic carbocycles. The van der Waals surface area contributed by atoms with Crippen molar-refractivity contribution in [2.45, 2.75) is 0 Å². The number of carboxylic acids is 1. The molecular formula is C11H16N2O4. The highest BCUT2D eigenvalue weighted by Crippen LogP contribution is 2.24. The largest absolute Gasteiger partial charge is 0.478 e. The molecule has 0 aliphatic heterocycles. The molecule has 0 spiro atoms. The summed E-state index contributed by atoms with van der Waals surface area (Å²) in [5, 5.41) is 26.7. The Morgan fingerprint density at radius 2 is 1.82 bits per heavy atom. The predicted molar refractivity (Wildman–Crippen MR) is 64.2 cm³/mol. The van der Waals surface area contributed by atoms with Crippen LogP contribution in [0.4, 0.5) is 11.4 Å². The van der Waals surface area contributed by atoms with Crippen molar-refractivity contribution in [2.24, 2.45) is 0 Å². The number of nitrogen functional groups attached to an aromatic ring is 1. The van der Waals surface area contributed by atoms with E-state index in [1.165, 1.54) is 18.2 Å². The highest BCUT2D eigenvalue weighted by Gasteiger charge is 2.12. The minimum atomic E-state index is -1.04. The predicted octanol–water partition coefficient (Wildman–Crippen LogP) is -0.242. The summed E-state index contributed by atoms with van der Waals surface area (Å²) in [6.07, 6.45) is 0. The molecule has 0 saturated heterocycles. The molecule has 0 fully saturated rings. The van der Waals surface area contributed by atoms with Crippen molar-refractivity contribution < 1.29 is 20.1 Å². The Labute approximate surface area is 98.9 Å². The van der Waals surface area contributed by atoms with Crippen LogP contribution in [0.15, 0.2) is 18.2 Å². The fraction of sp³-hybridized carbons (Fsp3) is 0.364. The van der Waals surface area contributed by atoms with Gasteiger partial charge in [0.25, 0.3) is 0 Å². The number of aliphatic hydroxyl groups is 2. The molecule has 0 bridgehead atoms. The molecule has 0 heterocycles. The fourth-order valence-corrected chi connectivity index (χ4v) is 1.54. The summed E-state index contributed by atoms with van der Waals surface area (Å²) in [6, 6.07) is 4.35. The van der Waals surface area contributed by atoms with E-state index >= 15 is 0 Å². The van der Waals surface area contributed by atoms with Crippen LogP contribution >= 0.6 is 0 Å². The molecule has 0 aliphatic carbocycles. The van der Waals surface area contributed by atoms with Crippen LogP contribution in [0.1, 0.15) is 10.4 Å². The van der Waals surface area contributed by atoms with Gasteiger partial charge < -0.3 is 26.0 Å². The molecule has 0 aliphatic rings. The van der Waals surface area contributed by atoms with Crippen molar-refractivity contribution in [2.75, 3.05) is 36.9 Å². The zero-order valence-electron chi connectivity index (χ0n) is 9.33. The molecule has 6 nitrogen and oxygen atoms in total. The van der Waals surface area contributed by atoms with Crippen LogP contribution in [0.3, 0.4) is 0 Å². The Bertz CT molecular complexity index is 389.